The number of hydrogen-bond donors (Lipinski definition) is 0. The minimum Gasteiger partial charge on any atom is -0.488 e. The highest BCUT2D eigenvalue weighted by Crippen LogP contribution is 2.36. The van der Waals surface area contributed by atoms with Gasteiger partial charge in [-0.25, -0.2) is 0 Å². The van der Waals surface area contributed by atoms with E-state index in [0.29, 0.717) is 12.4 Å². The summed E-state index contributed by atoms with van der Waals surface area (Å²) in [4.78, 5) is 12.6. The second kappa shape index (κ2) is 7.58. The lowest BCUT2D eigenvalue weighted by Gasteiger charge is -2.18. The van der Waals surface area contributed by atoms with Crippen LogP contribution in [0.15, 0.2) is 18.2 Å². The van der Waals surface area contributed by atoms with Crippen LogP contribution in [0.3, 0.4) is 0 Å². The highest BCUT2D eigenvalue weighted by molar-refractivity contribution is 5.55. The summed E-state index contributed by atoms with van der Waals surface area (Å²) < 4.78 is 10.6. The van der Waals surface area contributed by atoms with Crippen LogP contribution < -0.4 is 9.47 Å². The maximum Gasteiger partial charge on any atom is 0.314 e. The van der Waals surface area contributed by atoms with Crippen LogP contribution in [0.25, 0.3) is 0 Å². The number of hydrogen-bond acceptors (Lipinski definition) is 5. The Morgan fingerprint density at radius 3 is 2.53 bits per heavy atom. The van der Waals surface area contributed by atoms with Gasteiger partial charge in [0.25, 0.3) is 0 Å². The molecule has 0 aliphatic heterocycles. The molecule has 0 aliphatic rings. The van der Waals surface area contributed by atoms with E-state index in [0.717, 1.165) is 19.6 Å². The van der Waals surface area contributed by atoms with Gasteiger partial charge in [0.1, 0.15) is 6.61 Å². The fourth-order valence-corrected chi connectivity index (χ4v) is 1.79. The molecule has 0 fully saturated rings. The minimum absolute atomic E-state index is 0.0807. The van der Waals surface area contributed by atoms with Gasteiger partial charge in [-0.3, -0.25) is 10.1 Å². The van der Waals surface area contributed by atoms with Crippen LogP contribution in [0.5, 0.6) is 11.5 Å². The van der Waals surface area contributed by atoms with Crippen molar-refractivity contribution in [1.29, 1.82) is 0 Å². The van der Waals surface area contributed by atoms with Crippen LogP contribution in [0.2, 0.25) is 0 Å². The average Bonchev–Trinajstić information content (AvgIpc) is 2.43. The number of nitro groups is 1. The number of methoxy groups -OCH3 is 1. The molecule has 0 amide bonds. The highest BCUT2D eigenvalue weighted by atomic mass is 16.6. The standard InChI is InChI=1S/C13H20N2O4/c1-4-14(5-2)9-10-19-12-8-6-7-11(15(16)17)13(12)18-3/h6-8H,4-5,9-10H2,1-3H3. The van der Waals surface area contributed by atoms with Crippen molar-refractivity contribution < 1.29 is 14.4 Å². The fraction of sp³-hybridized carbons (Fsp3) is 0.538. The molecule has 0 atom stereocenters. The fourth-order valence-electron chi connectivity index (χ4n) is 1.79. The first-order chi connectivity index (χ1) is 9.13. The molecule has 0 aliphatic carbocycles. The SMILES string of the molecule is CCN(CC)CCOc1cccc([N+](=O)[O-])c1OC. The van der Waals surface area contributed by atoms with Crippen LogP contribution in [-0.4, -0.2) is 43.2 Å². The third-order valence-corrected chi connectivity index (χ3v) is 2.92. The van der Waals surface area contributed by atoms with E-state index in [9.17, 15) is 10.1 Å². The van der Waals surface area contributed by atoms with Gasteiger partial charge in [-0.05, 0) is 19.2 Å². The van der Waals surface area contributed by atoms with Crippen molar-refractivity contribution in [3.05, 3.63) is 28.3 Å². The van der Waals surface area contributed by atoms with E-state index in [1.54, 1.807) is 12.1 Å². The Morgan fingerprint density at radius 1 is 1.32 bits per heavy atom. The van der Waals surface area contributed by atoms with Crippen molar-refractivity contribution in [2.75, 3.05) is 33.4 Å². The lowest BCUT2D eigenvalue weighted by molar-refractivity contribution is -0.385. The van der Waals surface area contributed by atoms with Crippen LogP contribution in [0.4, 0.5) is 5.69 Å². The lowest BCUT2D eigenvalue weighted by atomic mass is 10.2. The molecule has 0 saturated heterocycles. The minimum atomic E-state index is -0.476. The molecule has 0 N–H and O–H groups in total. The molecule has 1 rings (SSSR count). The van der Waals surface area contributed by atoms with E-state index >= 15 is 0 Å². The van der Waals surface area contributed by atoms with Crippen molar-refractivity contribution in [2.45, 2.75) is 13.8 Å². The summed E-state index contributed by atoms with van der Waals surface area (Å²) in [5, 5.41) is 10.9. The number of likely N-dealkylation sites (N-methyl/N-ethyl adjacent to an activating group) is 1. The van der Waals surface area contributed by atoms with Crippen LogP contribution in [-0.2, 0) is 0 Å². The Bertz CT molecular complexity index is 419. The third kappa shape index (κ3) is 4.10. The Morgan fingerprint density at radius 2 is 2.00 bits per heavy atom. The average molecular weight is 268 g/mol. The van der Waals surface area contributed by atoms with Crippen LogP contribution >= 0.6 is 0 Å². The first-order valence-corrected chi connectivity index (χ1v) is 6.30. The third-order valence-electron chi connectivity index (χ3n) is 2.92. The first-order valence-electron chi connectivity index (χ1n) is 6.30. The molecule has 0 unspecified atom stereocenters. The maximum atomic E-state index is 10.9. The topological polar surface area (TPSA) is 64.8 Å². The van der Waals surface area contributed by atoms with Gasteiger partial charge in [0.15, 0.2) is 5.75 Å². The molecule has 0 aromatic heterocycles. The predicted octanol–water partition coefficient (Wildman–Crippen LogP) is 2.32. The summed E-state index contributed by atoms with van der Waals surface area (Å²) >= 11 is 0. The number of para-hydroxylation sites is 1. The lowest BCUT2D eigenvalue weighted by Crippen LogP contribution is -2.27. The molecule has 0 bridgehead atoms. The summed E-state index contributed by atoms with van der Waals surface area (Å²) in [6, 6.07) is 4.66. The molecule has 1 aromatic rings. The normalized spacial score (nSPS) is 10.5. The van der Waals surface area contributed by atoms with E-state index in [1.165, 1.54) is 13.2 Å². The van der Waals surface area contributed by atoms with Gasteiger partial charge in [-0.1, -0.05) is 19.9 Å². The predicted molar refractivity (Wildman–Crippen MR) is 72.9 cm³/mol. The van der Waals surface area contributed by atoms with E-state index in [2.05, 4.69) is 18.7 Å². The second-order valence-corrected chi connectivity index (χ2v) is 3.94. The second-order valence-electron chi connectivity index (χ2n) is 3.94. The molecule has 0 heterocycles. The zero-order valence-electron chi connectivity index (χ0n) is 11.6. The van der Waals surface area contributed by atoms with Gasteiger partial charge in [0.2, 0.25) is 5.75 Å². The first kappa shape index (κ1) is 15.2. The molecule has 19 heavy (non-hydrogen) atoms. The highest BCUT2D eigenvalue weighted by Gasteiger charge is 2.19. The van der Waals surface area contributed by atoms with Crippen molar-refractivity contribution in [2.24, 2.45) is 0 Å². The Balaban J connectivity index is 2.73. The van der Waals surface area contributed by atoms with Gasteiger partial charge in [-0.2, -0.15) is 0 Å². The maximum absolute atomic E-state index is 10.9. The summed E-state index contributed by atoms with van der Waals surface area (Å²) in [6.45, 7) is 7.31. The van der Waals surface area contributed by atoms with E-state index < -0.39 is 4.92 Å². The smallest absolute Gasteiger partial charge is 0.314 e. The van der Waals surface area contributed by atoms with Crippen molar-refractivity contribution >= 4 is 5.69 Å². The molecule has 106 valence electrons. The monoisotopic (exact) mass is 268 g/mol. The molecular formula is C13H20N2O4. The van der Waals surface area contributed by atoms with Gasteiger partial charge in [-0.15, -0.1) is 0 Å². The van der Waals surface area contributed by atoms with Crippen molar-refractivity contribution in [1.82, 2.24) is 4.90 Å². The Labute approximate surface area is 113 Å². The van der Waals surface area contributed by atoms with Gasteiger partial charge in [0.05, 0.1) is 12.0 Å². The van der Waals surface area contributed by atoms with E-state index in [4.69, 9.17) is 9.47 Å². The molecule has 0 saturated carbocycles. The number of nitro benzene ring substituents is 1. The van der Waals surface area contributed by atoms with Gasteiger partial charge < -0.3 is 14.4 Å². The Hall–Kier alpha value is -1.82. The number of nitrogens with zero attached hydrogens (tertiary/aromatic N) is 2. The molecule has 1 aromatic carbocycles. The summed E-state index contributed by atoms with van der Waals surface area (Å²) in [6.07, 6.45) is 0. The summed E-state index contributed by atoms with van der Waals surface area (Å²) in [7, 11) is 1.40. The summed E-state index contributed by atoms with van der Waals surface area (Å²) in [5.41, 5.74) is -0.0807. The van der Waals surface area contributed by atoms with Gasteiger partial charge >= 0.3 is 5.69 Å². The zero-order chi connectivity index (χ0) is 14.3. The Kier molecular flexibility index (Phi) is 6.08. The van der Waals surface area contributed by atoms with Gasteiger partial charge in [0, 0.05) is 12.6 Å². The van der Waals surface area contributed by atoms with E-state index in [-0.39, 0.29) is 11.4 Å². The molecule has 0 radical (unpaired) electrons. The van der Waals surface area contributed by atoms with Crippen molar-refractivity contribution in [3.63, 3.8) is 0 Å². The number of ether oxygens (including phenoxy) is 2. The van der Waals surface area contributed by atoms with E-state index in [1.807, 2.05) is 0 Å². The molecule has 6 heteroatoms. The van der Waals surface area contributed by atoms with Crippen LogP contribution in [0.1, 0.15) is 13.8 Å². The summed E-state index contributed by atoms with van der Waals surface area (Å²) in [5.74, 6) is 0.580. The number of benzene rings is 1. The largest absolute Gasteiger partial charge is 0.488 e. The molecule has 6 nitrogen and oxygen atoms in total. The molecular weight excluding hydrogens is 248 g/mol. The number of rotatable bonds is 8. The van der Waals surface area contributed by atoms with Crippen molar-refractivity contribution in [3.8, 4) is 11.5 Å². The zero-order valence-corrected chi connectivity index (χ0v) is 11.6. The van der Waals surface area contributed by atoms with Crippen LogP contribution in [0, 0.1) is 10.1 Å². The quantitative estimate of drug-likeness (QED) is 0.534. The molecule has 0 spiro atoms.